The number of hydrogen-bond acceptors (Lipinski definition) is 4. The number of hydrogen-bond donors (Lipinski definition) is 0. The molecule has 0 spiro atoms. The van der Waals surface area contributed by atoms with E-state index in [1.165, 1.54) is 11.6 Å². The Balaban J connectivity index is 2.31. The van der Waals surface area contributed by atoms with Crippen LogP contribution in [0, 0.1) is 0 Å². The third-order valence-electron chi connectivity index (χ3n) is 3.66. The Morgan fingerprint density at radius 3 is 2.25 bits per heavy atom. The first kappa shape index (κ1) is 12.5. The molecule has 3 rings (SSSR count). The zero-order chi connectivity index (χ0) is 14.4. The number of aromatic nitrogens is 2. The molecule has 6 heteroatoms. The second kappa shape index (κ2) is 4.26. The molecule has 0 amide bonds. The van der Waals surface area contributed by atoms with Gasteiger partial charge in [-0.2, -0.15) is 0 Å². The third-order valence-corrected chi connectivity index (χ3v) is 3.66. The van der Waals surface area contributed by atoms with E-state index in [1.54, 1.807) is 7.05 Å². The Bertz CT molecular complexity index is 776. The topological polar surface area (TPSA) is 50.5 Å². The van der Waals surface area contributed by atoms with Gasteiger partial charge in [-0.05, 0) is 12.1 Å². The van der Waals surface area contributed by atoms with Crippen molar-refractivity contribution in [3.63, 3.8) is 0 Å². The molecule has 0 saturated heterocycles. The first-order chi connectivity index (χ1) is 9.52. The lowest BCUT2D eigenvalue weighted by Gasteiger charge is -2.18. The minimum atomic E-state index is -0.310. The standard InChI is InChI=1S/C14H16N4O2/c1-15-9-18(10-7-5-4-6-8-10)11-12(15)16(2)14(20)17(3)13(11)19/h4-8H,9H2,1-3H3. The van der Waals surface area contributed by atoms with Gasteiger partial charge in [0.1, 0.15) is 5.82 Å². The minimum Gasteiger partial charge on any atom is -0.341 e. The molecule has 0 aliphatic carbocycles. The summed E-state index contributed by atoms with van der Waals surface area (Å²) in [6.07, 6.45) is 0. The van der Waals surface area contributed by atoms with Gasteiger partial charge in [-0.25, -0.2) is 4.79 Å². The lowest BCUT2D eigenvalue weighted by Crippen LogP contribution is -2.38. The van der Waals surface area contributed by atoms with Crippen LogP contribution < -0.4 is 21.0 Å². The second-order valence-corrected chi connectivity index (χ2v) is 4.98. The van der Waals surface area contributed by atoms with E-state index in [9.17, 15) is 9.59 Å². The van der Waals surface area contributed by atoms with Gasteiger partial charge in [0.2, 0.25) is 0 Å². The van der Waals surface area contributed by atoms with Crippen molar-refractivity contribution in [3.05, 3.63) is 51.2 Å². The molecular formula is C14H16N4O2. The maximum Gasteiger partial charge on any atom is 0.332 e. The molecule has 0 unspecified atom stereocenters. The van der Waals surface area contributed by atoms with Crippen LogP contribution in [-0.4, -0.2) is 22.9 Å². The van der Waals surface area contributed by atoms with Gasteiger partial charge in [0, 0.05) is 26.8 Å². The Hall–Kier alpha value is -2.50. The zero-order valence-corrected chi connectivity index (χ0v) is 11.7. The minimum absolute atomic E-state index is 0.267. The van der Waals surface area contributed by atoms with Crippen LogP contribution >= 0.6 is 0 Å². The fourth-order valence-electron chi connectivity index (χ4n) is 2.66. The molecule has 1 aliphatic heterocycles. The van der Waals surface area contributed by atoms with E-state index >= 15 is 0 Å². The van der Waals surface area contributed by atoms with Crippen molar-refractivity contribution in [1.29, 1.82) is 0 Å². The summed E-state index contributed by atoms with van der Waals surface area (Å²) in [4.78, 5) is 28.3. The molecule has 1 aromatic carbocycles. The van der Waals surface area contributed by atoms with Gasteiger partial charge in [-0.15, -0.1) is 0 Å². The highest BCUT2D eigenvalue weighted by Crippen LogP contribution is 2.35. The van der Waals surface area contributed by atoms with Gasteiger partial charge >= 0.3 is 5.69 Å². The summed E-state index contributed by atoms with van der Waals surface area (Å²) in [5, 5.41) is 0. The van der Waals surface area contributed by atoms with E-state index in [0.717, 1.165) is 10.3 Å². The van der Waals surface area contributed by atoms with Crippen LogP contribution in [0.2, 0.25) is 0 Å². The summed E-state index contributed by atoms with van der Waals surface area (Å²) < 4.78 is 2.66. The van der Waals surface area contributed by atoms with Crippen LogP contribution in [0.4, 0.5) is 17.2 Å². The first-order valence-electron chi connectivity index (χ1n) is 6.36. The lowest BCUT2D eigenvalue weighted by molar-refractivity contribution is 0.689. The van der Waals surface area contributed by atoms with Crippen molar-refractivity contribution in [3.8, 4) is 0 Å². The molecule has 0 bridgehead atoms. The molecule has 2 heterocycles. The SMILES string of the molecule is CN1CN(c2ccccc2)c2c1n(C)c(=O)n(C)c2=O. The maximum atomic E-state index is 12.4. The van der Waals surface area contributed by atoms with Crippen LogP contribution in [0.15, 0.2) is 39.9 Å². The van der Waals surface area contributed by atoms with E-state index in [2.05, 4.69) is 0 Å². The Morgan fingerprint density at radius 1 is 0.950 bits per heavy atom. The number of fused-ring (bicyclic) bond motifs is 1. The van der Waals surface area contributed by atoms with Crippen molar-refractivity contribution in [2.75, 3.05) is 23.5 Å². The first-order valence-corrected chi connectivity index (χ1v) is 6.36. The summed E-state index contributed by atoms with van der Waals surface area (Å²) in [5.41, 5.74) is 0.906. The Labute approximate surface area is 116 Å². The van der Waals surface area contributed by atoms with Crippen molar-refractivity contribution in [2.45, 2.75) is 0 Å². The Kier molecular flexibility index (Phi) is 2.67. The van der Waals surface area contributed by atoms with E-state index in [1.807, 2.05) is 47.2 Å². The predicted octanol–water partition coefficient (Wildman–Crippen LogP) is 0.629. The molecule has 0 saturated carbocycles. The number of nitrogens with zero attached hydrogens (tertiary/aromatic N) is 4. The summed E-state index contributed by atoms with van der Waals surface area (Å²) in [5.74, 6) is 0.655. The molecule has 20 heavy (non-hydrogen) atoms. The molecule has 0 N–H and O–H groups in total. The highest BCUT2D eigenvalue weighted by molar-refractivity contribution is 5.78. The van der Waals surface area contributed by atoms with Crippen LogP contribution in [-0.2, 0) is 14.1 Å². The van der Waals surface area contributed by atoms with Gasteiger partial charge in [0.05, 0.1) is 6.67 Å². The van der Waals surface area contributed by atoms with Gasteiger partial charge in [0.15, 0.2) is 5.69 Å². The summed E-state index contributed by atoms with van der Waals surface area (Å²) in [7, 11) is 5.07. The van der Waals surface area contributed by atoms with Gasteiger partial charge in [-0.3, -0.25) is 13.9 Å². The van der Waals surface area contributed by atoms with Crippen molar-refractivity contribution in [1.82, 2.24) is 9.13 Å². The molecule has 2 aromatic rings. The normalized spacial score (nSPS) is 13.8. The molecular weight excluding hydrogens is 256 g/mol. The zero-order valence-electron chi connectivity index (χ0n) is 11.7. The fraction of sp³-hybridized carbons (Fsp3) is 0.286. The van der Waals surface area contributed by atoms with Crippen LogP contribution in [0.5, 0.6) is 0 Å². The smallest absolute Gasteiger partial charge is 0.332 e. The number of anilines is 3. The van der Waals surface area contributed by atoms with Crippen molar-refractivity contribution in [2.24, 2.45) is 14.1 Å². The molecule has 0 fully saturated rings. The van der Waals surface area contributed by atoms with Crippen LogP contribution in [0.25, 0.3) is 0 Å². The average Bonchev–Trinajstić information content (AvgIpc) is 2.81. The second-order valence-electron chi connectivity index (χ2n) is 4.98. The Morgan fingerprint density at radius 2 is 1.60 bits per heavy atom. The van der Waals surface area contributed by atoms with Crippen molar-refractivity contribution >= 4 is 17.2 Å². The number of benzene rings is 1. The molecule has 1 aliphatic rings. The quantitative estimate of drug-likeness (QED) is 0.764. The van der Waals surface area contributed by atoms with Crippen LogP contribution in [0.3, 0.4) is 0 Å². The number of rotatable bonds is 1. The molecule has 1 aromatic heterocycles. The van der Waals surface area contributed by atoms with Crippen molar-refractivity contribution < 1.29 is 0 Å². The van der Waals surface area contributed by atoms with Gasteiger partial charge in [0.25, 0.3) is 5.56 Å². The molecule has 104 valence electrons. The summed E-state index contributed by atoms with van der Waals surface area (Å²) in [6, 6.07) is 9.70. The van der Waals surface area contributed by atoms with Gasteiger partial charge < -0.3 is 9.80 Å². The molecule has 0 atom stereocenters. The highest BCUT2D eigenvalue weighted by Gasteiger charge is 2.31. The monoisotopic (exact) mass is 272 g/mol. The predicted molar refractivity (Wildman–Crippen MR) is 78.8 cm³/mol. The van der Waals surface area contributed by atoms with E-state index in [-0.39, 0.29) is 11.2 Å². The highest BCUT2D eigenvalue weighted by atomic mass is 16.2. The average molecular weight is 272 g/mol. The van der Waals surface area contributed by atoms with E-state index < -0.39 is 0 Å². The van der Waals surface area contributed by atoms with E-state index in [4.69, 9.17) is 0 Å². The van der Waals surface area contributed by atoms with Gasteiger partial charge in [-0.1, -0.05) is 18.2 Å². The maximum absolute atomic E-state index is 12.4. The van der Waals surface area contributed by atoms with Crippen LogP contribution in [0.1, 0.15) is 0 Å². The molecule has 0 radical (unpaired) electrons. The summed E-state index contributed by atoms with van der Waals surface area (Å²) >= 11 is 0. The largest absolute Gasteiger partial charge is 0.341 e. The molecule has 6 nitrogen and oxygen atoms in total. The fourth-order valence-corrected chi connectivity index (χ4v) is 2.66. The lowest BCUT2D eigenvalue weighted by atomic mass is 10.3. The third kappa shape index (κ3) is 1.57. The van der Waals surface area contributed by atoms with E-state index in [0.29, 0.717) is 18.2 Å². The number of para-hydroxylation sites is 1. The summed E-state index contributed by atoms with van der Waals surface area (Å²) in [6.45, 7) is 0.547.